The van der Waals surface area contributed by atoms with Crippen LogP contribution in [0.25, 0.3) is 0 Å². The van der Waals surface area contributed by atoms with Crippen LogP contribution in [-0.2, 0) is 0 Å². The fraction of sp³-hybridized carbons (Fsp3) is 0.750. The summed E-state index contributed by atoms with van der Waals surface area (Å²) in [7, 11) is 0. The third-order valence-corrected chi connectivity index (χ3v) is 1.86. The van der Waals surface area contributed by atoms with E-state index in [-0.39, 0.29) is 0 Å². The Morgan fingerprint density at radius 3 is 3.00 bits per heavy atom. The minimum absolute atomic E-state index is 0.733. The summed E-state index contributed by atoms with van der Waals surface area (Å²) in [6.07, 6.45) is 7.23. The zero-order valence-electron chi connectivity index (χ0n) is 5.90. The molecule has 1 fully saturated rings. The van der Waals surface area contributed by atoms with Gasteiger partial charge in [-0.3, -0.25) is 0 Å². The van der Waals surface area contributed by atoms with Gasteiger partial charge < -0.3 is 5.32 Å². The molecule has 9 heavy (non-hydrogen) atoms. The summed E-state index contributed by atoms with van der Waals surface area (Å²) < 4.78 is 0. The molecule has 0 bridgehead atoms. The predicted octanol–water partition coefficient (Wildman–Crippen LogP) is 1.70. The molecular weight excluding hydrogens is 112 g/mol. The van der Waals surface area contributed by atoms with Crippen LogP contribution in [0, 0.1) is 0 Å². The molecular formula is C8H15N. The third kappa shape index (κ3) is 2.19. The van der Waals surface area contributed by atoms with E-state index in [0.717, 1.165) is 12.5 Å². The van der Waals surface area contributed by atoms with Crippen molar-refractivity contribution in [3.05, 3.63) is 12.7 Å². The minimum Gasteiger partial charge on any atom is -0.314 e. The van der Waals surface area contributed by atoms with Gasteiger partial charge in [-0.2, -0.15) is 0 Å². The lowest BCUT2D eigenvalue weighted by Gasteiger charge is -2.21. The van der Waals surface area contributed by atoms with Crippen molar-refractivity contribution >= 4 is 0 Å². The van der Waals surface area contributed by atoms with Gasteiger partial charge in [0.15, 0.2) is 0 Å². The minimum atomic E-state index is 0.733. The molecule has 1 heterocycles. The molecule has 1 atom stereocenters. The lowest BCUT2D eigenvalue weighted by Crippen LogP contribution is -2.33. The molecule has 0 amide bonds. The number of hydrogen-bond donors (Lipinski definition) is 1. The van der Waals surface area contributed by atoms with E-state index in [1.165, 1.54) is 25.8 Å². The standard InChI is InChI=1S/C8H15N/c1-2-5-8-6-3-4-7-9-8/h2,8-9H,1,3-7H2/i8+2. The molecule has 0 spiro atoms. The average molecular weight is 127 g/mol. The van der Waals surface area contributed by atoms with Crippen molar-refractivity contribution in [3.8, 4) is 0 Å². The second-order valence-corrected chi connectivity index (χ2v) is 2.67. The van der Waals surface area contributed by atoms with Gasteiger partial charge in [0.2, 0.25) is 0 Å². The maximum Gasteiger partial charge on any atom is 0.0101 e. The van der Waals surface area contributed by atoms with Gasteiger partial charge >= 0.3 is 0 Å². The van der Waals surface area contributed by atoms with Gasteiger partial charge in [0.25, 0.3) is 0 Å². The van der Waals surface area contributed by atoms with Crippen LogP contribution in [0.1, 0.15) is 25.7 Å². The first-order chi connectivity index (χ1) is 4.43. The predicted molar refractivity (Wildman–Crippen MR) is 40.5 cm³/mol. The summed E-state index contributed by atoms with van der Waals surface area (Å²) in [5, 5.41) is 3.45. The molecule has 1 heteroatoms. The van der Waals surface area contributed by atoms with Crippen molar-refractivity contribution in [2.45, 2.75) is 31.7 Å². The molecule has 0 saturated carbocycles. The Kier molecular flexibility index (Phi) is 2.78. The highest BCUT2D eigenvalue weighted by atomic mass is 15.5. The first-order valence-corrected chi connectivity index (χ1v) is 3.78. The van der Waals surface area contributed by atoms with E-state index < -0.39 is 0 Å². The number of nitrogens with one attached hydrogen (secondary N) is 1. The number of hydrogen-bond acceptors (Lipinski definition) is 1. The number of piperidine rings is 1. The molecule has 1 aliphatic heterocycles. The highest BCUT2D eigenvalue weighted by Gasteiger charge is 2.09. The first kappa shape index (κ1) is 6.81. The molecule has 0 radical (unpaired) electrons. The highest BCUT2D eigenvalue weighted by Crippen LogP contribution is 2.09. The molecule has 0 aromatic rings. The lowest BCUT2D eigenvalue weighted by molar-refractivity contribution is 0.404. The Morgan fingerprint density at radius 1 is 1.56 bits per heavy atom. The fourth-order valence-corrected chi connectivity index (χ4v) is 1.33. The largest absolute Gasteiger partial charge is 0.314 e. The third-order valence-electron chi connectivity index (χ3n) is 1.86. The SMILES string of the molecule is C=CC[14CH]1CCCCN1. The van der Waals surface area contributed by atoms with Crippen LogP contribution in [-0.4, -0.2) is 12.6 Å². The molecule has 52 valence electrons. The van der Waals surface area contributed by atoms with Gasteiger partial charge in [-0.1, -0.05) is 12.5 Å². The van der Waals surface area contributed by atoms with E-state index in [9.17, 15) is 0 Å². The Bertz CT molecular complexity index is 82.6. The van der Waals surface area contributed by atoms with Crippen molar-refractivity contribution in [2.75, 3.05) is 6.54 Å². The molecule has 0 aliphatic carbocycles. The van der Waals surface area contributed by atoms with Gasteiger partial charge in [0.05, 0.1) is 0 Å². The van der Waals surface area contributed by atoms with E-state index in [2.05, 4.69) is 11.9 Å². The Morgan fingerprint density at radius 2 is 2.44 bits per heavy atom. The van der Waals surface area contributed by atoms with E-state index in [0.29, 0.717) is 0 Å². The summed E-state index contributed by atoms with van der Waals surface area (Å²) >= 11 is 0. The quantitative estimate of drug-likeness (QED) is 0.557. The van der Waals surface area contributed by atoms with E-state index in [1.54, 1.807) is 0 Å². The molecule has 1 rings (SSSR count). The molecule has 1 aliphatic rings. The van der Waals surface area contributed by atoms with Gasteiger partial charge in [0, 0.05) is 6.04 Å². The van der Waals surface area contributed by atoms with Crippen molar-refractivity contribution in [3.63, 3.8) is 0 Å². The molecule has 1 unspecified atom stereocenters. The fourth-order valence-electron chi connectivity index (χ4n) is 1.33. The summed E-state index contributed by atoms with van der Waals surface area (Å²) in [5.74, 6) is 0. The van der Waals surface area contributed by atoms with Crippen LogP contribution in [0.2, 0.25) is 0 Å². The monoisotopic (exact) mass is 127 g/mol. The molecule has 0 aromatic heterocycles. The smallest absolute Gasteiger partial charge is 0.0101 e. The summed E-state index contributed by atoms with van der Waals surface area (Å²) in [6, 6.07) is 0.733. The van der Waals surface area contributed by atoms with Crippen molar-refractivity contribution < 1.29 is 0 Å². The summed E-state index contributed by atoms with van der Waals surface area (Å²) in [6.45, 7) is 4.92. The molecule has 1 nitrogen and oxygen atoms in total. The van der Waals surface area contributed by atoms with Crippen LogP contribution >= 0.6 is 0 Å². The van der Waals surface area contributed by atoms with Crippen molar-refractivity contribution in [2.24, 2.45) is 0 Å². The maximum absolute atomic E-state index is 3.71. The zero-order chi connectivity index (χ0) is 6.53. The molecule has 1 N–H and O–H groups in total. The van der Waals surface area contributed by atoms with Crippen LogP contribution in [0.3, 0.4) is 0 Å². The second-order valence-electron chi connectivity index (χ2n) is 2.67. The van der Waals surface area contributed by atoms with Crippen molar-refractivity contribution in [1.82, 2.24) is 5.32 Å². The van der Waals surface area contributed by atoms with Gasteiger partial charge in [-0.05, 0) is 25.8 Å². The topological polar surface area (TPSA) is 12.0 Å². The van der Waals surface area contributed by atoms with Gasteiger partial charge in [-0.15, -0.1) is 6.58 Å². The second kappa shape index (κ2) is 3.67. The van der Waals surface area contributed by atoms with E-state index in [1.807, 2.05) is 6.08 Å². The number of rotatable bonds is 2. The zero-order valence-corrected chi connectivity index (χ0v) is 5.90. The van der Waals surface area contributed by atoms with Crippen LogP contribution in [0.15, 0.2) is 12.7 Å². The molecule has 1 saturated heterocycles. The van der Waals surface area contributed by atoms with E-state index >= 15 is 0 Å². The van der Waals surface area contributed by atoms with Crippen LogP contribution < -0.4 is 5.32 Å². The summed E-state index contributed by atoms with van der Waals surface area (Å²) in [5.41, 5.74) is 0. The van der Waals surface area contributed by atoms with Crippen molar-refractivity contribution in [1.29, 1.82) is 0 Å². The Balaban J connectivity index is 2.15. The van der Waals surface area contributed by atoms with Gasteiger partial charge in [0.1, 0.15) is 0 Å². The first-order valence-electron chi connectivity index (χ1n) is 3.78. The normalized spacial score (nSPS) is 27.8. The molecule has 0 aromatic carbocycles. The maximum atomic E-state index is 3.71. The Labute approximate surface area is 57.1 Å². The van der Waals surface area contributed by atoms with Crippen LogP contribution in [0.5, 0.6) is 0 Å². The summed E-state index contributed by atoms with van der Waals surface area (Å²) in [4.78, 5) is 0. The van der Waals surface area contributed by atoms with E-state index in [4.69, 9.17) is 0 Å². The van der Waals surface area contributed by atoms with Crippen LogP contribution in [0.4, 0.5) is 0 Å². The van der Waals surface area contributed by atoms with Gasteiger partial charge in [-0.25, -0.2) is 0 Å². The Hall–Kier alpha value is -0.300. The lowest BCUT2D eigenvalue weighted by atomic mass is 10.3. The average Bonchev–Trinajstić information content (AvgIpc) is 1.91. The highest BCUT2D eigenvalue weighted by molar-refractivity contribution is 4.80.